The molecule has 0 atom stereocenters. The Morgan fingerprint density at radius 1 is 1.59 bits per heavy atom. The van der Waals surface area contributed by atoms with Crippen molar-refractivity contribution in [1.82, 2.24) is 4.90 Å². The first-order valence-corrected chi connectivity index (χ1v) is 5.85. The highest BCUT2D eigenvalue weighted by Crippen LogP contribution is 2.17. The fourth-order valence-electron chi connectivity index (χ4n) is 1.38. The van der Waals surface area contributed by atoms with E-state index in [9.17, 15) is 9.18 Å². The van der Waals surface area contributed by atoms with Crippen LogP contribution in [0.4, 0.5) is 4.39 Å². The smallest absolute Gasteiger partial charge is 0.257 e. The Morgan fingerprint density at radius 3 is 2.88 bits per heavy atom. The average Bonchev–Trinajstić information content (AvgIpc) is 2.31. The lowest BCUT2D eigenvalue weighted by Crippen LogP contribution is -2.34. The van der Waals surface area contributed by atoms with Gasteiger partial charge in [0.05, 0.1) is 12.2 Å². The minimum Gasteiger partial charge on any atom is -0.395 e. The molecule has 1 N–H and O–H groups in total. The highest BCUT2D eigenvalue weighted by Gasteiger charge is 2.18. The number of carbonyl (C=O) groups excluding carboxylic acids is 1. The molecule has 0 fully saturated rings. The summed E-state index contributed by atoms with van der Waals surface area (Å²) in [6.45, 7) is 3.77. The third-order valence-corrected chi connectivity index (χ3v) is 2.66. The Balaban J connectivity index is 2.99. The second-order valence-electron chi connectivity index (χ2n) is 3.39. The van der Waals surface area contributed by atoms with Crippen molar-refractivity contribution < 1.29 is 14.3 Å². The van der Waals surface area contributed by atoms with Crippen molar-refractivity contribution in [3.8, 4) is 0 Å². The number of hydrogen-bond acceptors (Lipinski definition) is 2. The van der Waals surface area contributed by atoms with Crippen LogP contribution >= 0.6 is 15.9 Å². The second-order valence-corrected chi connectivity index (χ2v) is 4.30. The van der Waals surface area contributed by atoms with Crippen LogP contribution in [-0.2, 0) is 0 Å². The molecule has 3 nitrogen and oxygen atoms in total. The van der Waals surface area contributed by atoms with E-state index in [1.54, 1.807) is 0 Å². The van der Waals surface area contributed by atoms with Crippen molar-refractivity contribution in [2.24, 2.45) is 0 Å². The van der Waals surface area contributed by atoms with Gasteiger partial charge in [-0.15, -0.1) is 6.58 Å². The average molecular weight is 302 g/mol. The summed E-state index contributed by atoms with van der Waals surface area (Å²) < 4.78 is 14.1. The standard InChI is InChI=1S/C12H13BrFNO2/c1-2-5-15(6-7-16)12(17)10-8-9(13)3-4-11(10)14/h2-4,8,16H,1,5-7H2. The molecule has 0 bridgehead atoms. The van der Waals surface area contributed by atoms with Crippen LogP contribution in [-0.4, -0.2) is 35.6 Å². The molecule has 0 unspecified atom stereocenters. The summed E-state index contributed by atoms with van der Waals surface area (Å²) in [7, 11) is 0. The molecule has 1 rings (SSSR count). The van der Waals surface area contributed by atoms with E-state index in [2.05, 4.69) is 22.5 Å². The molecule has 17 heavy (non-hydrogen) atoms. The molecule has 1 amide bonds. The number of benzene rings is 1. The quantitative estimate of drug-likeness (QED) is 0.847. The van der Waals surface area contributed by atoms with Crippen molar-refractivity contribution in [2.45, 2.75) is 0 Å². The first kappa shape index (κ1) is 13.9. The van der Waals surface area contributed by atoms with Gasteiger partial charge in [0.15, 0.2) is 0 Å². The predicted octanol–water partition coefficient (Wildman–Crippen LogP) is 2.21. The van der Waals surface area contributed by atoms with Gasteiger partial charge in [0, 0.05) is 17.6 Å². The van der Waals surface area contributed by atoms with Crippen LogP contribution in [0.3, 0.4) is 0 Å². The number of hydrogen-bond donors (Lipinski definition) is 1. The van der Waals surface area contributed by atoms with E-state index >= 15 is 0 Å². The predicted molar refractivity (Wildman–Crippen MR) is 67.3 cm³/mol. The summed E-state index contributed by atoms with van der Waals surface area (Å²) in [6.07, 6.45) is 1.53. The summed E-state index contributed by atoms with van der Waals surface area (Å²) in [6, 6.07) is 4.17. The molecular weight excluding hydrogens is 289 g/mol. The van der Waals surface area contributed by atoms with Crippen molar-refractivity contribution >= 4 is 21.8 Å². The van der Waals surface area contributed by atoms with E-state index in [0.717, 1.165) is 0 Å². The van der Waals surface area contributed by atoms with Gasteiger partial charge in [0.2, 0.25) is 0 Å². The highest BCUT2D eigenvalue weighted by molar-refractivity contribution is 9.10. The van der Waals surface area contributed by atoms with Crippen molar-refractivity contribution in [1.29, 1.82) is 0 Å². The molecule has 0 spiro atoms. The van der Waals surface area contributed by atoms with Crippen molar-refractivity contribution in [3.63, 3.8) is 0 Å². The second kappa shape index (κ2) is 6.51. The maximum atomic E-state index is 13.5. The lowest BCUT2D eigenvalue weighted by atomic mass is 10.2. The van der Waals surface area contributed by atoms with E-state index in [1.165, 1.54) is 29.2 Å². The zero-order valence-electron chi connectivity index (χ0n) is 9.20. The molecule has 0 saturated heterocycles. The van der Waals surface area contributed by atoms with E-state index in [0.29, 0.717) is 4.47 Å². The van der Waals surface area contributed by atoms with Gasteiger partial charge < -0.3 is 10.0 Å². The number of aliphatic hydroxyl groups excluding tert-OH is 1. The van der Waals surface area contributed by atoms with Gasteiger partial charge in [0.1, 0.15) is 5.82 Å². The molecule has 0 aromatic heterocycles. The molecule has 1 aromatic carbocycles. The van der Waals surface area contributed by atoms with Crippen LogP contribution in [0.1, 0.15) is 10.4 Å². The van der Waals surface area contributed by atoms with E-state index in [4.69, 9.17) is 5.11 Å². The summed E-state index contributed by atoms with van der Waals surface area (Å²) in [5.41, 5.74) is -0.0188. The normalized spacial score (nSPS) is 10.1. The van der Waals surface area contributed by atoms with E-state index < -0.39 is 11.7 Å². The molecule has 0 heterocycles. The van der Waals surface area contributed by atoms with Crippen LogP contribution < -0.4 is 0 Å². The van der Waals surface area contributed by atoms with Crippen molar-refractivity contribution in [3.05, 3.63) is 46.7 Å². The first-order chi connectivity index (χ1) is 8.10. The lowest BCUT2D eigenvalue weighted by molar-refractivity contribution is 0.0738. The fraction of sp³-hybridized carbons (Fsp3) is 0.250. The number of carbonyl (C=O) groups is 1. The molecule has 5 heteroatoms. The van der Waals surface area contributed by atoms with Crippen LogP contribution in [0.25, 0.3) is 0 Å². The number of halogens is 2. The number of nitrogens with zero attached hydrogens (tertiary/aromatic N) is 1. The lowest BCUT2D eigenvalue weighted by Gasteiger charge is -2.20. The van der Waals surface area contributed by atoms with Gasteiger partial charge in [-0.2, -0.15) is 0 Å². The minimum absolute atomic E-state index is 0.0188. The maximum Gasteiger partial charge on any atom is 0.257 e. The Morgan fingerprint density at radius 2 is 2.29 bits per heavy atom. The Labute approximate surface area is 108 Å². The van der Waals surface area contributed by atoms with Crippen LogP contribution in [0.15, 0.2) is 35.3 Å². The molecule has 0 saturated carbocycles. The van der Waals surface area contributed by atoms with Gasteiger partial charge in [-0.05, 0) is 18.2 Å². The Hall–Kier alpha value is -1.20. The van der Waals surface area contributed by atoms with Gasteiger partial charge >= 0.3 is 0 Å². The highest BCUT2D eigenvalue weighted by atomic mass is 79.9. The van der Waals surface area contributed by atoms with Crippen LogP contribution in [0.5, 0.6) is 0 Å². The molecule has 1 aromatic rings. The zero-order valence-corrected chi connectivity index (χ0v) is 10.8. The van der Waals surface area contributed by atoms with E-state index in [-0.39, 0.29) is 25.3 Å². The van der Waals surface area contributed by atoms with Gasteiger partial charge in [-0.3, -0.25) is 4.79 Å². The Bertz CT molecular complexity index is 423. The zero-order chi connectivity index (χ0) is 12.8. The minimum atomic E-state index is -0.579. The summed E-state index contributed by atoms with van der Waals surface area (Å²) in [5.74, 6) is -1.04. The topological polar surface area (TPSA) is 40.5 Å². The first-order valence-electron chi connectivity index (χ1n) is 5.06. The molecule has 0 aliphatic rings. The monoisotopic (exact) mass is 301 g/mol. The largest absolute Gasteiger partial charge is 0.395 e. The molecule has 0 radical (unpaired) electrons. The number of rotatable bonds is 5. The maximum absolute atomic E-state index is 13.5. The van der Waals surface area contributed by atoms with Gasteiger partial charge in [-0.25, -0.2) is 4.39 Å². The summed E-state index contributed by atoms with van der Waals surface area (Å²) in [4.78, 5) is 13.3. The SMILES string of the molecule is C=CCN(CCO)C(=O)c1cc(Br)ccc1F. The molecule has 0 aliphatic carbocycles. The molecular formula is C12H13BrFNO2. The van der Waals surface area contributed by atoms with E-state index in [1.807, 2.05) is 0 Å². The third kappa shape index (κ3) is 3.64. The summed E-state index contributed by atoms with van der Waals surface area (Å²) >= 11 is 3.18. The number of aliphatic hydroxyl groups is 1. The molecule has 92 valence electrons. The van der Waals surface area contributed by atoms with Crippen LogP contribution in [0.2, 0.25) is 0 Å². The summed E-state index contributed by atoms with van der Waals surface area (Å²) in [5, 5.41) is 8.85. The molecule has 0 aliphatic heterocycles. The Kier molecular flexibility index (Phi) is 5.31. The van der Waals surface area contributed by atoms with Gasteiger partial charge in [-0.1, -0.05) is 22.0 Å². The van der Waals surface area contributed by atoms with Crippen LogP contribution in [0, 0.1) is 5.82 Å². The third-order valence-electron chi connectivity index (χ3n) is 2.17. The van der Waals surface area contributed by atoms with Crippen molar-refractivity contribution in [2.75, 3.05) is 19.7 Å². The fourth-order valence-corrected chi connectivity index (χ4v) is 1.75. The number of amides is 1. The van der Waals surface area contributed by atoms with Gasteiger partial charge in [0.25, 0.3) is 5.91 Å².